The molecule has 24 heavy (non-hydrogen) atoms. The molecule has 0 atom stereocenters. The average Bonchev–Trinajstić information content (AvgIpc) is 2.82. The number of aromatic nitrogens is 1. The van der Waals surface area contributed by atoms with E-state index in [1.54, 1.807) is 30.3 Å². The monoisotopic (exact) mass is 350 g/mol. The second-order valence-corrected chi connectivity index (χ2v) is 5.97. The molecule has 0 N–H and O–H groups in total. The molecule has 0 aliphatic rings. The molecule has 7 heteroatoms. The maximum atomic E-state index is 13.8. The molecule has 0 fully saturated rings. The van der Waals surface area contributed by atoms with Crippen LogP contribution in [-0.4, -0.2) is 23.6 Å². The van der Waals surface area contributed by atoms with Crippen molar-refractivity contribution in [3.63, 3.8) is 0 Å². The van der Waals surface area contributed by atoms with Gasteiger partial charge < -0.3 is 9.15 Å². The maximum absolute atomic E-state index is 13.8. The van der Waals surface area contributed by atoms with E-state index in [9.17, 15) is 9.18 Å². The van der Waals surface area contributed by atoms with Gasteiger partial charge in [-0.3, -0.25) is 9.47 Å². The molecule has 3 aromatic rings. The van der Waals surface area contributed by atoms with Crippen LogP contribution in [0.2, 0.25) is 5.02 Å². The molecule has 0 saturated carbocycles. The van der Waals surface area contributed by atoms with E-state index < -0.39 is 11.6 Å². The molecule has 2 aromatic carbocycles. The Morgan fingerprint density at radius 1 is 1.29 bits per heavy atom. The molecule has 0 aliphatic carbocycles. The fourth-order valence-electron chi connectivity index (χ4n) is 2.59. The van der Waals surface area contributed by atoms with Gasteiger partial charge in [-0.05, 0) is 36.9 Å². The fraction of sp³-hybridized carbons (Fsp3) is 0.235. The van der Waals surface area contributed by atoms with Crippen LogP contribution in [-0.2, 0) is 13.2 Å². The summed E-state index contributed by atoms with van der Waals surface area (Å²) in [7, 11) is 3.26. The molecule has 0 unspecified atom stereocenters. The zero-order valence-corrected chi connectivity index (χ0v) is 14.0. The smallest absolute Gasteiger partial charge is 0.421 e. The standard InChI is InChI=1S/C17H16ClFN2O3/c1-20(9-11-3-6-15(23-2)13(19)7-11)10-21-14-5-4-12(18)8-16(14)24-17(21)22/h3-8H,9-10H2,1-2H3. The summed E-state index contributed by atoms with van der Waals surface area (Å²) in [6.07, 6.45) is 0. The van der Waals surface area contributed by atoms with Crippen LogP contribution in [0.25, 0.3) is 11.1 Å². The molecule has 0 aliphatic heterocycles. The third-order valence-corrected chi connectivity index (χ3v) is 3.92. The van der Waals surface area contributed by atoms with E-state index in [1.807, 2.05) is 11.9 Å². The molecular weight excluding hydrogens is 335 g/mol. The normalized spacial score (nSPS) is 11.4. The lowest BCUT2D eigenvalue weighted by atomic mass is 10.2. The van der Waals surface area contributed by atoms with Crippen molar-refractivity contribution >= 4 is 22.7 Å². The summed E-state index contributed by atoms with van der Waals surface area (Å²) in [6, 6.07) is 9.84. The summed E-state index contributed by atoms with van der Waals surface area (Å²) in [5.74, 6) is -0.667. The van der Waals surface area contributed by atoms with Crippen molar-refractivity contribution in [1.82, 2.24) is 9.47 Å². The van der Waals surface area contributed by atoms with Crippen molar-refractivity contribution in [3.8, 4) is 5.75 Å². The Bertz CT molecular complexity index is 935. The van der Waals surface area contributed by atoms with E-state index in [-0.39, 0.29) is 5.75 Å². The predicted octanol–water partition coefficient (Wildman–Crippen LogP) is 3.49. The van der Waals surface area contributed by atoms with Crippen molar-refractivity contribution in [2.24, 2.45) is 0 Å². The van der Waals surface area contributed by atoms with Crippen LogP contribution in [0.1, 0.15) is 5.56 Å². The van der Waals surface area contributed by atoms with Crippen molar-refractivity contribution < 1.29 is 13.5 Å². The molecule has 126 valence electrons. The Hall–Kier alpha value is -2.31. The Balaban J connectivity index is 1.80. The fourth-order valence-corrected chi connectivity index (χ4v) is 2.75. The topological polar surface area (TPSA) is 47.6 Å². The molecular formula is C17H16ClFN2O3. The summed E-state index contributed by atoms with van der Waals surface area (Å²) in [6.45, 7) is 0.773. The zero-order valence-electron chi connectivity index (χ0n) is 13.3. The van der Waals surface area contributed by atoms with E-state index >= 15 is 0 Å². The summed E-state index contributed by atoms with van der Waals surface area (Å²) >= 11 is 5.91. The number of hydrogen-bond acceptors (Lipinski definition) is 4. The molecule has 0 spiro atoms. The van der Waals surface area contributed by atoms with Crippen molar-refractivity contribution in [2.75, 3.05) is 14.2 Å². The second kappa shape index (κ2) is 6.67. The summed E-state index contributed by atoms with van der Waals surface area (Å²) in [5.41, 5.74) is 1.88. The quantitative estimate of drug-likeness (QED) is 0.706. The van der Waals surface area contributed by atoms with Crippen LogP contribution in [0.15, 0.2) is 45.6 Å². The molecule has 3 rings (SSSR count). The van der Waals surface area contributed by atoms with Crippen molar-refractivity contribution in [1.29, 1.82) is 0 Å². The van der Waals surface area contributed by atoms with Gasteiger partial charge in [0.25, 0.3) is 0 Å². The number of halogens is 2. The number of nitrogens with zero attached hydrogens (tertiary/aromatic N) is 2. The van der Waals surface area contributed by atoms with Crippen LogP contribution in [0.5, 0.6) is 5.75 Å². The molecule has 0 amide bonds. The molecule has 0 radical (unpaired) electrons. The highest BCUT2D eigenvalue weighted by atomic mass is 35.5. The van der Waals surface area contributed by atoms with E-state index in [0.717, 1.165) is 5.56 Å². The Morgan fingerprint density at radius 2 is 2.08 bits per heavy atom. The van der Waals surface area contributed by atoms with Gasteiger partial charge in [0.15, 0.2) is 17.1 Å². The van der Waals surface area contributed by atoms with Gasteiger partial charge in [-0.25, -0.2) is 9.18 Å². The minimum atomic E-state index is -0.458. The van der Waals surface area contributed by atoms with Crippen LogP contribution in [0.4, 0.5) is 4.39 Å². The first-order valence-corrected chi connectivity index (χ1v) is 7.65. The number of oxazole rings is 1. The highest BCUT2D eigenvalue weighted by Gasteiger charge is 2.12. The largest absolute Gasteiger partial charge is 0.494 e. The van der Waals surface area contributed by atoms with Crippen molar-refractivity contribution in [3.05, 3.63) is 63.4 Å². The van der Waals surface area contributed by atoms with Gasteiger partial charge in [-0.1, -0.05) is 17.7 Å². The number of fused-ring (bicyclic) bond motifs is 1. The summed E-state index contributed by atoms with van der Waals surface area (Å²) < 4.78 is 25.4. The Labute approximate surface area is 142 Å². The molecule has 1 aromatic heterocycles. The van der Waals surface area contributed by atoms with Crippen LogP contribution in [0, 0.1) is 5.82 Å². The van der Waals surface area contributed by atoms with Gasteiger partial charge in [0.1, 0.15) is 0 Å². The first-order valence-electron chi connectivity index (χ1n) is 7.28. The maximum Gasteiger partial charge on any atom is 0.421 e. The van der Waals surface area contributed by atoms with E-state index in [4.69, 9.17) is 20.8 Å². The SMILES string of the molecule is COc1ccc(CN(C)Cn2c(=O)oc3cc(Cl)ccc32)cc1F. The van der Waals surface area contributed by atoms with Crippen molar-refractivity contribution in [2.45, 2.75) is 13.2 Å². The summed E-state index contributed by atoms with van der Waals surface area (Å²) in [4.78, 5) is 13.9. The van der Waals surface area contributed by atoms with Gasteiger partial charge in [0.2, 0.25) is 0 Å². The Morgan fingerprint density at radius 3 is 2.79 bits per heavy atom. The third kappa shape index (κ3) is 3.29. The van der Waals surface area contributed by atoms with Gasteiger partial charge in [-0.2, -0.15) is 0 Å². The van der Waals surface area contributed by atoms with Gasteiger partial charge in [-0.15, -0.1) is 0 Å². The van der Waals surface area contributed by atoms with Crippen LogP contribution >= 0.6 is 11.6 Å². The van der Waals surface area contributed by atoms with Gasteiger partial charge in [0, 0.05) is 17.6 Å². The van der Waals surface area contributed by atoms with Crippen LogP contribution < -0.4 is 10.5 Å². The van der Waals surface area contributed by atoms with Gasteiger partial charge >= 0.3 is 5.76 Å². The number of rotatable bonds is 5. The van der Waals surface area contributed by atoms with Gasteiger partial charge in [0.05, 0.1) is 19.3 Å². The zero-order chi connectivity index (χ0) is 17.3. The molecule has 5 nitrogen and oxygen atoms in total. The lowest BCUT2D eigenvalue weighted by Gasteiger charge is -2.17. The molecule has 0 saturated heterocycles. The van der Waals surface area contributed by atoms with E-state index in [1.165, 1.54) is 17.7 Å². The summed E-state index contributed by atoms with van der Waals surface area (Å²) in [5, 5.41) is 0.505. The predicted molar refractivity (Wildman–Crippen MR) is 89.9 cm³/mol. The molecule has 1 heterocycles. The second-order valence-electron chi connectivity index (χ2n) is 5.53. The lowest BCUT2D eigenvalue weighted by molar-refractivity contribution is 0.253. The number of ether oxygens (including phenoxy) is 1. The minimum Gasteiger partial charge on any atom is -0.494 e. The average molecular weight is 351 g/mol. The highest BCUT2D eigenvalue weighted by Crippen LogP contribution is 2.20. The minimum absolute atomic E-state index is 0.204. The molecule has 0 bridgehead atoms. The van der Waals surface area contributed by atoms with E-state index in [0.29, 0.717) is 29.3 Å². The lowest BCUT2D eigenvalue weighted by Crippen LogP contribution is -2.27. The number of methoxy groups -OCH3 is 1. The van der Waals surface area contributed by atoms with E-state index in [2.05, 4.69) is 0 Å². The Kier molecular flexibility index (Phi) is 4.59. The number of benzene rings is 2. The first-order chi connectivity index (χ1) is 11.5. The third-order valence-electron chi connectivity index (χ3n) is 3.68. The highest BCUT2D eigenvalue weighted by molar-refractivity contribution is 6.31. The number of hydrogen-bond donors (Lipinski definition) is 0. The van der Waals surface area contributed by atoms with Crippen LogP contribution in [0.3, 0.4) is 0 Å². The first kappa shape index (κ1) is 16.5.